The van der Waals surface area contributed by atoms with E-state index in [0.717, 1.165) is 40.3 Å². The first-order chi connectivity index (χ1) is 21.2. The zero-order valence-electron chi connectivity index (χ0n) is 26.4. The van der Waals surface area contributed by atoms with Crippen LogP contribution < -0.4 is 0 Å². The Morgan fingerprint density at radius 1 is 0.591 bits per heavy atom. The van der Waals surface area contributed by atoms with Crippen molar-refractivity contribution >= 4 is 38.9 Å². The van der Waals surface area contributed by atoms with Crippen LogP contribution in [0.2, 0.25) is 0 Å². The van der Waals surface area contributed by atoms with Crippen LogP contribution in [0.5, 0.6) is 0 Å². The second-order valence-corrected chi connectivity index (χ2v) is 13.0. The van der Waals surface area contributed by atoms with E-state index in [0.29, 0.717) is 0 Å². The molecule has 0 saturated heterocycles. The zero-order chi connectivity index (χ0) is 30.3. The van der Waals surface area contributed by atoms with E-state index in [4.69, 9.17) is 4.42 Å². The number of aryl methyl sites for hydroxylation is 7. The van der Waals surface area contributed by atoms with E-state index < -0.39 is 0 Å². The first-order valence-corrected chi connectivity index (χ1v) is 15.7. The number of H-pyrrole nitrogens is 1. The lowest BCUT2D eigenvalue weighted by molar-refractivity contribution is 0.670. The molecule has 0 radical (unpaired) electrons. The van der Waals surface area contributed by atoms with Crippen molar-refractivity contribution in [3.05, 3.63) is 124 Å². The minimum atomic E-state index is 0.921. The van der Waals surface area contributed by atoms with E-state index in [1.807, 2.05) is 0 Å². The van der Waals surface area contributed by atoms with Crippen LogP contribution in [0.25, 0.3) is 72.3 Å². The molecule has 2 heteroatoms. The molecule has 8 rings (SSSR count). The summed E-state index contributed by atoms with van der Waals surface area (Å²) in [4.78, 5) is 3.67. The lowest BCUT2D eigenvalue weighted by Crippen LogP contribution is -1.92. The summed E-state index contributed by atoms with van der Waals surface area (Å²) < 4.78 is 6.76. The predicted molar refractivity (Wildman–Crippen MR) is 188 cm³/mol. The molecule has 2 heterocycles. The quantitative estimate of drug-likeness (QED) is 0.224. The molecular formula is C42H37NO. The highest BCUT2D eigenvalue weighted by molar-refractivity contribution is 6.13. The third-order valence-electron chi connectivity index (χ3n) is 9.58. The van der Waals surface area contributed by atoms with Crippen molar-refractivity contribution in [2.24, 2.45) is 0 Å². The number of fused-ring (bicyclic) bond motifs is 6. The molecule has 2 nitrogen and oxygen atoms in total. The van der Waals surface area contributed by atoms with Crippen LogP contribution in [0.1, 0.15) is 51.1 Å². The Morgan fingerprint density at radius 2 is 1.20 bits per heavy atom. The SMILES string of the molecule is Cc1cc(C)c(-c2ccc3oc4c(-c5ccc6[nH]c7c(c6c5)C=CCC7)cc(-c5c(C)cc(C)cc5C)cc4c3c2)c(C)c1. The average Bonchev–Trinajstić information content (AvgIpc) is 3.53. The molecule has 1 aliphatic rings. The van der Waals surface area contributed by atoms with E-state index >= 15 is 0 Å². The van der Waals surface area contributed by atoms with Gasteiger partial charge < -0.3 is 9.40 Å². The molecule has 0 amide bonds. The summed E-state index contributed by atoms with van der Waals surface area (Å²) >= 11 is 0. The number of rotatable bonds is 3. The summed E-state index contributed by atoms with van der Waals surface area (Å²) in [5, 5.41) is 3.59. The standard InChI is InChI=1S/C42H37NO/c1-23-15-25(3)40(26(4)16-23)30-12-14-39-35(20-30)36-22-31(41-27(5)17-24(2)18-28(41)6)21-33(42(36)44-39)29-11-13-38-34(19-29)32-9-7-8-10-37(32)43-38/h7,9,11-22,43H,8,10H2,1-6H3. The molecule has 0 bridgehead atoms. The normalized spacial score (nSPS) is 13.0. The summed E-state index contributed by atoms with van der Waals surface area (Å²) in [6.45, 7) is 13.3. The number of benzene rings is 5. The van der Waals surface area contributed by atoms with Gasteiger partial charge >= 0.3 is 0 Å². The van der Waals surface area contributed by atoms with Gasteiger partial charge in [-0.15, -0.1) is 0 Å². The van der Waals surface area contributed by atoms with Crippen molar-refractivity contribution < 1.29 is 4.42 Å². The molecule has 0 aliphatic heterocycles. The van der Waals surface area contributed by atoms with Gasteiger partial charge in [-0.25, -0.2) is 0 Å². The minimum absolute atomic E-state index is 0.921. The van der Waals surface area contributed by atoms with Crippen molar-refractivity contribution in [2.75, 3.05) is 0 Å². The van der Waals surface area contributed by atoms with Gasteiger partial charge in [0.15, 0.2) is 0 Å². The average molecular weight is 572 g/mol. The highest BCUT2D eigenvalue weighted by Crippen LogP contribution is 2.43. The molecule has 44 heavy (non-hydrogen) atoms. The van der Waals surface area contributed by atoms with E-state index in [-0.39, 0.29) is 0 Å². The molecule has 0 fully saturated rings. The number of aromatic amines is 1. The van der Waals surface area contributed by atoms with Crippen LogP contribution in [0, 0.1) is 41.5 Å². The maximum atomic E-state index is 6.76. The van der Waals surface area contributed by atoms with Crippen LogP contribution in [0.15, 0.2) is 83.3 Å². The topological polar surface area (TPSA) is 28.9 Å². The monoisotopic (exact) mass is 571 g/mol. The fraction of sp³-hybridized carbons (Fsp3) is 0.190. The molecule has 1 aliphatic carbocycles. The van der Waals surface area contributed by atoms with Crippen LogP contribution in [0.3, 0.4) is 0 Å². The molecule has 5 aromatic carbocycles. The highest BCUT2D eigenvalue weighted by atomic mass is 16.3. The highest BCUT2D eigenvalue weighted by Gasteiger charge is 2.20. The van der Waals surface area contributed by atoms with Gasteiger partial charge in [0.2, 0.25) is 0 Å². The van der Waals surface area contributed by atoms with Crippen molar-refractivity contribution in [1.82, 2.24) is 4.98 Å². The summed E-state index contributed by atoms with van der Waals surface area (Å²) in [6, 6.07) is 27.4. The second kappa shape index (κ2) is 9.86. The molecule has 2 aromatic heterocycles. The molecule has 1 N–H and O–H groups in total. The van der Waals surface area contributed by atoms with Crippen LogP contribution >= 0.6 is 0 Å². The number of aromatic nitrogens is 1. The summed E-state index contributed by atoms with van der Waals surface area (Å²) in [6.07, 6.45) is 6.73. The number of furan rings is 1. The lowest BCUT2D eigenvalue weighted by Gasteiger charge is -2.14. The summed E-state index contributed by atoms with van der Waals surface area (Å²) in [7, 11) is 0. The summed E-state index contributed by atoms with van der Waals surface area (Å²) in [5.41, 5.74) is 20.9. The van der Waals surface area contributed by atoms with Gasteiger partial charge in [-0.1, -0.05) is 59.7 Å². The van der Waals surface area contributed by atoms with Crippen LogP contribution in [-0.4, -0.2) is 4.98 Å². The zero-order valence-corrected chi connectivity index (χ0v) is 26.4. The van der Waals surface area contributed by atoms with E-state index in [2.05, 4.69) is 131 Å². The third kappa shape index (κ3) is 4.16. The van der Waals surface area contributed by atoms with Gasteiger partial charge in [-0.2, -0.15) is 0 Å². The molecule has 0 unspecified atom stereocenters. The largest absolute Gasteiger partial charge is 0.455 e. The maximum absolute atomic E-state index is 6.76. The first-order valence-electron chi connectivity index (χ1n) is 15.7. The van der Waals surface area contributed by atoms with Crippen LogP contribution in [0.4, 0.5) is 0 Å². The van der Waals surface area contributed by atoms with Crippen molar-refractivity contribution in [3.8, 4) is 33.4 Å². The van der Waals surface area contributed by atoms with Crippen molar-refractivity contribution in [2.45, 2.75) is 54.4 Å². The van der Waals surface area contributed by atoms with Gasteiger partial charge in [0, 0.05) is 38.5 Å². The molecule has 0 spiro atoms. The van der Waals surface area contributed by atoms with Crippen LogP contribution in [-0.2, 0) is 6.42 Å². The van der Waals surface area contributed by atoms with Gasteiger partial charge in [-0.3, -0.25) is 0 Å². The fourth-order valence-corrected chi connectivity index (χ4v) is 7.92. The van der Waals surface area contributed by atoms with Crippen molar-refractivity contribution in [1.29, 1.82) is 0 Å². The number of nitrogens with one attached hydrogen (secondary N) is 1. The summed E-state index contributed by atoms with van der Waals surface area (Å²) in [5.74, 6) is 0. The molecule has 216 valence electrons. The Hall–Kier alpha value is -4.82. The van der Waals surface area contributed by atoms with E-state index in [1.54, 1.807) is 0 Å². The van der Waals surface area contributed by atoms with E-state index in [1.165, 1.54) is 83.4 Å². The molecular weight excluding hydrogens is 534 g/mol. The van der Waals surface area contributed by atoms with Gasteiger partial charge in [0.25, 0.3) is 0 Å². The molecule has 7 aromatic rings. The Labute approximate surface area is 259 Å². The Morgan fingerprint density at radius 3 is 1.91 bits per heavy atom. The van der Waals surface area contributed by atoms with Crippen molar-refractivity contribution in [3.63, 3.8) is 0 Å². The van der Waals surface area contributed by atoms with Gasteiger partial charge in [0.1, 0.15) is 11.2 Å². The Balaban J connectivity index is 1.43. The maximum Gasteiger partial charge on any atom is 0.143 e. The van der Waals surface area contributed by atoms with Gasteiger partial charge in [0.05, 0.1) is 0 Å². The number of allylic oxidation sites excluding steroid dienone is 1. The molecule has 0 atom stereocenters. The van der Waals surface area contributed by atoms with Gasteiger partial charge in [-0.05, 0) is 141 Å². The smallest absolute Gasteiger partial charge is 0.143 e. The third-order valence-corrected chi connectivity index (χ3v) is 9.58. The second-order valence-electron chi connectivity index (χ2n) is 13.0. The minimum Gasteiger partial charge on any atom is -0.455 e. The Kier molecular flexibility index (Phi) is 6.00. The first kappa shape index (κ1) is 26.8. The fourth-order valence-electron chi connectivity index (χ4n) is 7.92. The number of hydrogen-bond donors (Lipinski definition) is 1. The Bertz CT molecular complexity index is 2290. The lowest BCUT2D eigenvalue weighted by atomic mass is 9.89. The molecule has 0 saturated carbocycles. The predicted octanol–water partition coefficient (Wildman–Crippen LogP) is 11.9. The number of hydrogen-bond acceptors (Lipinski definition) is 1. The van der Waals surface area contributed by atoms with E-state index in [9.17, 15) is 0 Å².